The van der Waals surface area contributed by atoms with Crippen LogP contribution in [0.25, 0.3) is 0 Å². The van der Waals surface area contributed by atoms with Gasteiger partial charge in [-0.05, 0) is 36.6 Å². The van der Waals surface area contributed by atoms with Gasteiger partial charge < -0.3 is 14.7 Å². The minimum Gasteiger partial charge on any atom is -0.487 e. The van der Waals surface area contributed by atoms with Crippen molar-refractivity contribution in [3.8, 4) is 5.75 Å². The first-order chi connectivity index (χ1) is 12.9. The monoisotopic (exact) mass is 370 g/mol. The first-order valence-electron chi connectivity index (χ1n) is 8.46. The third-order valence-corrected chi connectivity index (χ3v) is 4.48. The highest BCUT2D eigenvalue weighted by Crippen LogP contribution is 2.33. The molecule has 1 atom stereocenters. The molecule has 0 fully saturated rings. The highest BCUT2D eigenvalue weighted by molar-refractivity contribution is 5.98. The Morgan fingerprint density at radius 2 is 2.04 bits per heavy atom. The molecule has 27 heavy (non-hydrogen) atoms. The van der Waals surface area contributed by atoms with Crippen molar-refractivity contribution in [2.45, 2.75) is 19.4 Å². The molecule has 1 aliphatic rings. The maximum absolute atomic E-state index is 13.0. The number of nitro groups is 1. The molecule has 0 saturated carbocycles. The third-order valence-electron chi connectivity index (χ3n) is 4.48. The van der Waals surface area contributed by atoms with Crippen LogP contribution in [0, 0.1) is 10.1 Å². The zero-order valence-electron chi connectivity index (χ0n) is 14.6. The van der Waals surface area contributed by atoms with Crippen LogP contribution in [0.4, 0.5) is 5.69 Å². The number of nitro benzene ring substituents is 1. The van der Waals surface area contributed by atoms with Crippen LogP contribution in [0.3, 0.4) is 0 Å². The molecule has 1 aliphatic heterocycles. The lowest BCUT2D eigenvalue weighted by Gasteiger charge is -2.34. The summed E-state index contributed by atoms with van der Waals surface area (Å²) in [6.07, 6.45) is 0.519. The van der Waals surface area contributed by atoms with Crippen LogP contribution in [0.15, 0.2) is 42.5 Å². The fourth-order valence-electron chi connectivity index (χ4n) is 3.29. The zero-order chi connectivity index (χ0) is 19.6. The summed E-state index contributed by atoms with van der Waals surface area (Å²) in [5, 5.41) is 21.0. The van der Waals surface area contributed by atoms with Crippen LogP contribution < -0.4 is 4.74 Å². The maximum atomic E-state index is 13.0. The van der Waals surface area contributed by atoms with Gasteiger partial charge in [0.25, 0.3) is 5.91 Å². The first kappa shape index (κ1) is 18.4. The molecule has 0 spiro atoms. The average molecular weight is 370 g/mol. The van der Waals surface area contributed by atoms with Crippen molar-refractivity contribution in [1.82, 2.24) is 4.90 Å². The zero-order valence-corrected chi connectivity index (χ0v) is 14.6. The first-order valence-corrected chi connectivity index (χ1v) is 8.46. The number of aliphatic carboxylic acids is 1. The van der Waals surface area contributed by atoms with Gasteiger partial charge in [-0.25, -0.2) is 4.79 Å². The summed E-state index contributed by atoms with van der Waals surface area (Å²) in [5.41, 5.74) is 1.17. The molecule has 1 unspecified atom stereocenters. The minimum absolute atomic E-state index is 0.0517. The number of fused-ring (bicyclic) bond motifs is 1. The molecule has 0 saturated heterocycles. The van der Waals surface area contributed by atoms with E-state index in [9.17, 15) is 24.8 Å². The van der Waals surface area contributed by atoms with E-state index in [2.05, 4.69) is 0 Å². The van der Waals surface area contributed by atoms with E-state index >= 15 is 0 Å². The standard InChI is InChI=1S/C19H18N2O6/c1-2-27-16-8-7-13(11-15(16)21(25)26)18(22)20-10-9-12-5-3-4-6-14(12)17(20)19(23)24/h3-8,11,17H,2,9-10H2,1H3,(H,23,24). The van der Waals surface area contributed by atoms with Crippen LogP contribution in [0.5, 0.6) is 5.75 Å². The number of benzene rings is 2. The summed E-state index contributed by atoms with van der Waals surface area (Å²) in [7, 11) is 0. The Kier molecular flexibility index (Phi) is 5.07. The molecule has 140 valence electrons. The summed E-state index contributed by atoms with van der Waals surface area (Å²) in [6, 6.07) is 9.86. The van der Waals surface area contributed by atoms with Crippen LogP contribution in [0.2, 0.25) is 0 Å². The van der Waals surface area contributed by atoms with Crippen LogP contribution in [-0.2, 0) is 11.2 Å². The average Bonchev–Trinajstić information content (AvgIpc) is 2.66. The quantitative estimate of drug-likeness (QED) is 0.640. The number of carbonyl (C=O) groups excluding carboxylic acids is 1. The van der Waals surface area contributed by atoms with Gasteiger partial charge in [0.05, 0.1) is 11.5 Å². The summed E-state index contributed by atoms with van der Waals surface area (Å²) >= 11 is 0. The van der Waals surface area contributed by atoms with Gasteiger partial charge in [0.2, 0.25) is 0 Å². The van der Waals surface area contributed by atoms with Crippen molar-refractivity contribution >= 4 is 17.6 Å². The van der Waals surface area contributed by atoms with Crippen molar-refractivity contribution in [2.75, 3.05) is 13.2 Å². The lowest BCUT2D eigenvalue weighted by atomic mass is 9.92. The molecule has 8 heteroatoms. The number of carboxylic acid groups (broad SMARTS) is 1. The molecule has 1 N–H and O–H groups in total. The van der Waals surface area contributed by atoms with Crippen molar-refractivity contribution < 1.29 is 24.4 Å². The lowest BCUT2D eigenvalue weighted by molar-refractivity contribution is -0.385. The topological polar surface area (TPSA) is 110 Å². The molecule has 8 nitrogen and oxygen atoms in total. The van der Waals surface area contributed by atoms with Gasteiger partial charge in [-0.3, -0.25) is 14.9 Å². The van der Waals surface area contributed by atoms with Crippen LogP contribution in [-0.4, -0.2) is 40.0 Å². The number of nitrogens with zero attached hydrogens (tertiary/aromatic N) is 2. The van der Waals surface area contributed by atoms with Gasteiger partial charge in [-0.1, -0.05) is 24.3 Å². The predicted octanol–water partition coefficient (Wildman–Crippen LogP) is 2.82. The molecule has 0 radical (unpaired) electrons. The number of hydrogen-bond donors (Lipinski definition) is 1. The van der Waals surface area contributed by atoms with Gasteiger partial charge in [-0.2, -0.15) is 0 Å². The second-order valence-corrected chi connectivity index (χ2v) is 6.06. The Balaban J connectivity index is 1.99. The number of rotatable bonds is 5. The molecule has 0 aliphatic carbocycles. The van der Waals surface area contributed by atoms with E-state index in [1.165, 1.54) is 17.0 Å². The van der Waals surface area contributed by atoms with Crippen LogP contribution >= 0.6 is 0 Å². The second-order valence-electron chi connectivity index (χ2n) is 6.06. The lowest BCUT2D eigenvalue weighted by Crippen LogP contribution is -2.43. The van der Waals surface area contributed by atoms with Crippen molar-refractivity contribution in [3.05, 3.63) is 69.3 Å². The summed E-state index contributed by atoms with van der Waals surface area (Å²) in [6.45, 7) is 2.16. The van der Waals surface area contributed by atoms with E-state index in [0.29, 0.717) is 12.0 Å². The van der Waals surface area contributed by atoms with E-state index < -0.39 is 22.8 Å². The van der Waals surface area contributed by atoms with Crippen LogP contribution in [0.1, 0.15) is 34.5 Å². The molecule has 2 aromatic carbocycles. The van der Waals surface area contributed by atoms with Gasteiger partial charge in [0.1, 0.15) is 0 Å². The number of amides is 1. The fourth-order valence-corrected chi connectivity index (χ4v) is 3.29. The predicted molar refractivity (Wildman–Crippen MR) is 95.8 cm³/mol. The fraction of sp³-hybridized carbons (Fsp3) is 0.263. The van der Waals surface area contributed by atoms with E-state index in [1.807, 2.05) is 12.1 Å². The second kappa shape index (κ2) is 7.45. The van der Waals surface area contributed by atoms with E-state index in [-0.39, 0.29) is 30.2 Å². The molecular weight excluding hydrogens is 352 g/mol. The Bertz CT molecular complexity index is 911. The molecule has 0 aromatic heterocycles. The molecule has 2 aromatic rings. The number of carboxylic acids is 1. The summed E-state index contributed by atoms with van der Waals surface area (Å²) in [4.78, 5) is 36.7. The highest BCUT2D eigenvalue weighted by Gasteiger charge is 2.36. The Labute approximate surface area is 155 Å². The van der Waals surface area contributed by atoms with Gasteiger partial charge in [0, 0.05) is 18.2 Å². The van der Waals surface area contributed by atoms with Gasteiger partial charge in [-0.15, -0.1) is 0 Å². The third kappa shape index (κ3) is 3.46. The summed E-state index contributed by atoms with van der Waals surface area (Å²) < 4.78 is 5.22. The number of ether oxygens (including phenoxy) is 1. The molecule has 0 bridgehead atoms. The van der Waals surface area contributed by atoms with Crippen molar-refractivity contribution in [2.24, 2.45) is 0 Å². The Morgan fingerprint density at radius 1 is 1.30 bits per heavy atom. The molecule has 3 rings (SSSR count). The largest absolute Gasteiger partial charge is 0.487 e. The Hall–Kier alpha value is -3.42. The molecular formula is C19H18N2O6. The van der Waals surface area contributed by atoms with Crippen molar-refractivity contribution in [1.29, 1.82) is 0 Å². The Morgan fingerprint density at radius 3 is 2.70 bits per heavy atom. The van der Waals surface area contributed by atoms with Gasteiger partial charge >= 0.3 is 11.7 Å². The highest BCUT2D eigenvalue weighted by atomic mass is 16.6. The molecule has 1 amide bonds. The van der Waals surface area contributed by atoms with E-state index in [1.54, 1.807) is 19.1 Å². The van der Waals surface area contributed by atoms with E-state index in [4.69, 9.17) is 4.74 Å². The smallest absolute Gasteiger partial charge is 0.331 e. The summed E-state index contributed by atoms with van der Waals surface area (Å²) in [5.74, 6) is -1.64. The minimum atomic E-state index is -1.14. The number of hydrogen-bond acceptors (Lipinski definition) is 5. The normalized spacial score (nSPS) is 15.7. The molecule has 1 heterocycles. The van der Waals surface area contributed by atoms with E-state index in [0.717, 1.165) is 11.6 Å². The number of carbonyl (C=O) groups is 2. The maximum Gasteiger partial charge on any atom is 0.331 e. The SMILES string of the molecule is CCOc1ccc(C(=O)N2CCc3ccccc3C2C(=O)O)cc1[N+](=O)[O-]. The van der Waals surface area contributed by atoms with Gasteiger partial charge in [0.15, 0.2) is 11.8 Å². The van der Waals surface area contributed by atoms with Crippen molar-refractivity contribution in [3.63, 3.8) is 0 Å².